The van der Waals surface area contributed by atoms with Crippen LogP contribution >= 0.6 is 0 Å². The quantitative estimate of drug-likeness (QED) is 0.369. The number of carbonyl (C=O) groups excluding carboxylic acids is 1. The Morgan fingerprint density at radius 1 is 1.12 bits per heavy atom. The first-order chi connectivity index (χ1) is 15.7. The van der Waals surface area contributed by atoms with Gasteiger partial charge < -0.3 is 5.32 Å². The Kier molecular flexibility index (Phi) is 6.40. The maximum absolute atomic E-state index is 12.7. The molecule has 0 aliphatic rings. The van der Waals surface area contributed by atoms with Gasteiger partial charge in [-0.1, -0.05) is 11.8 Å². The molecule has 2 aromatic heterocycles. The molecule has 0 saturated carbocycles. The minimum Gasteiger partial charge on any atom is -0.352 e. The SMILES string of the molecule is N#Cc1ccc(C#Cc2cc(C(=O)NCCCc3cn[nH]c3)ccc2-n2cccn2)cc1. The topological polar surface area (TPSA) is 99.4 Å². The van der Waals surface area contributed by atoms with Crippen LogP contribution in [0.5, 0.6) is 0 Å². The summed E-state index contributed by atoms with van der Waals surface area (Å²) in [4.78, 5) is 12.7. The number of hydrogen-bond donors (Lipinski definition) is 2. The average Bonchev–Trinajstić information content (AvgIpc) is 3.55. The summed E-state index contributed by atoms with van der Waals surface area (Å²) in [5.41, 5.74) is 4.48. The molecular formula is C25H20N6O. The van der Waals surface area contributed by atoms with Crippen LogP contribution < -0.4 is 5.32 Å². The van der Waals surface area contributed by atoms with E-state index in [9.17, 15) is 4.79 Å². The van der Waals surface area contributed by atoms with Crippen molar-refractivity contribution in [3.05, 3.63) is 101 Å². The van der Waals surface area contributed by atoms with Crippen LogP contribution in [-0.2, 0) is 6.42 Å². The second kappa shape index (κ2) is 9.92. The Balaban J connectivity index is 1.52. The van der Waals surface area contributed by atoms with Gasteiger partial charge in [-0.2, -0.15) is 15.5 Å². The molecule has 0 atom stereocenters. The number of nitriles is 1. The van der Waals surface area contributed by atoms with E-state index in [1.54, 1.807) is 53.5 Å². The Labute approximate surface area is 185 Å². The van der Waals surface area contributed by atoms with E-state index < -0.39 is 0 Å². The Hall–Kier alpha value is -4.62. The molecule has 4 aromatic rings. The minimum absolute atomic E-state index is 0.148. The zero-order valence-electron chi connectivity index (χ0n) is 17.2. The van der Waals surface area contributed by atoms with Crippen molar-refractivity contribution in [2.45, 2.75) is 12.8 Å². The predicted octanol–water partition coefficient (Wildman–Crippen LogP) is 3.23. The van der Waals surface area contributed by atoms with E-state index in [1.165, 1.54) is 0 Å². The van der Waals surface area contributed by atoms with E-state index in [0.717, 1.165) is 29.7 Å². The molecule has 0 saturated heterocycles. The van der Waals surface area contributed by atoms with Gasteiger partial charge in [-0.05, 0) is 66.9 Å². The first-order valence-corrected chi connectivity index (χ1v) is 10.1. The van der Waals surface area contributed by atoms with Crippen LogP contribution in [0, 0.1) is 23.2 Å². The molecule has 32 heavy (non-hydrogen) atoms. The number of nitrogens with one attached hydrogen (secondary N) is 2. The van der Waals surface area contributed by atoms with Crippen molar-refractivity contribution in [2.24, 2.45) is 0 Å². The van der Waals surface area contributed by atoms with Crippen LogP contribution in [0.4, 0.5) is 0 Å². The Morgan fingerprint density at radius 3 is 2.69 bits per heavy atom. The number of rotatable bonds is 6. The highest BCUT2D eigenvalue weighted by molar-refractivity contribution is 5.95. The normalized spacial score (nSPS) is 10.1. The molecule has 2 aromatic carbocycles. The summed E-state index contributed by atoms with van der Waals surface area (Å²) in [5.74, 6) is 6.11. The number of aryl methyl sites for hydroxylation is 1. The lowest BCUT2D eigenvalue weighted by molar-refractivity contribution is 0.0953. The lowest BCUT2D eigenvalue weighted by atomic mass is 10.1. The fourth-order valence-electron chi connectivity index (χ4n) is 3.17. The maximum Gasteiger partial charge on any atom is 0.251 e. The van der Waals surface area contributed by atoms with Gasteiger partial charge in [-0.25, -0.2) is 4.68 Å². The van der Waals surface area contributed by atoms with Crippen molar-refractivity contribution in [3.8, 4) is 23.6 Å². The van der Waals surface area contributed by atoms with Crippen molar-refractivity contribution < 1.29 is 4.79 Å². The van der Waals surface area contributed by atoms with Gasteiger partial charge in [0, 0.05) is 36.3 Å². The summed E-state index contributed by atoms with van der Waals surface area (Å²) in [6.07, 6.45) is 8.83. The van der Waals surface area contributed by atoms with Gasteiger partial charge in [0.05, 0.1) is 29.1 Å². The highest BCUT2D eigenvalue weighted by Gasteiger charge is 2.10. The smallest absolute Gasteiger partial charge is 0.251 e. The third-order valence-electron chi connectivity index (χ3n) is 4.85. The molecule has 0 fully saturated rings. The zero-order chi connectivity index (χ0) is 22.2. The van der Waals surface area contributed by atoms with Gasteiger partial charge in [-0.3, -0.25) is 9.89 Å². The van der Waals surface area contributed by atoms with Crippen molar-refractivity contribution in [2.75, 3.05) is 6.54 Å². The number of aromatic nitrogens is 4. The number of aromatic amines is 1. The molecule has 7 heteroatoms. The summed E-state index contributed by atoms with van der Waals surface area (Å²) in [6, 6.07) is 16.4. The first-order valence-electron chi connectivity index (χ1n) is 10.1. The van der Waals surface area contributed by atoms with Crippen LogP contribution in [0.3, 0.4) is 0 Å². The highest BCUT2D eigenvalue weighted by Crippen LogP contribution is 2.16. The number of nitrogens with zero attached hydrogens (tertiary/aromatic N) is 4. The molecule has 156 valence electrons. The molecule has 2 N–H and O–H groups in total. The molecule has 0 spiro atoms. The fraction of sp³-hybridized carbons (Fsp3) is 0.120. The molecule has 2 heterocycles. The zero-order valence-corrected chi connectivity index (χ0v) is 17.2. The van der Waals surface area contributed by atoms with Crippen LogP contribution in [0.2, 0.25) is 0 Å². The van der Waals surface area contributed by atoms with E-state index in [2.05, 4.69) is 38.5 Å². The summed E-state index contributed by atoms with van der Waals surface area (Å²) in [6.45, 7) is 0.567. The lowest BCUT2D eigenvalue weighted by Crippen LogP contribution is -2.25. The van der Waals surface area contributed by atoms with Crippen molar-refractivity contribution >= 4 is 5.91 Å². The summed E-state index contributed by atoms with van der Waals surface area (Å²) < 4.78 is 1.72. The predicted molar refractivity (Wildman–Crippen MR) is 120 cm³/mol. The van der Waals surface area contributed by atoms with Crippen LogP contribution in [0.15, 0.2) is 73.3 Å². The van der Waals surface area contributed by atoms with E-state index >= 15 is 0 Å². The number of amides is 1. The third kappa shape index (κ3) is 5.10. The summed E-state index contributed by atoms with van der Waals surface area (Å²) in [7, 11) is 0. The fourth-order valence-corrected chi connectivity index (χ4v) is 3.17. The van der Waals surface area contributed by atoms with Gasteiger partial charge in [0.1, 0.15) is 0 Å². The van der Waals surface area contributed by atoms with E-state index in [4.69, 9.17) is 5.26 Å². The van der Waals surface area contributed by atoms with Gasteiger partial charge >= 0.3 is 0 Å². The molecule has 0 aliphatic heterocycles. The third-order valence-corrected chi connectivity index (χ3v) is 4.85. The molecule has 1 amide bonds. The Bertz CT molecular complexity index is 1290. The summed E-state index contributed by atoms with van der Waals surface area (Å²) >= 11 is 0. The molecular weight excluding hydrogens is 400 g/mol. The maximum atomic E-state index is 12.7. The first kappa shape index (κ1) is 20.6. The van der Waals surface area contributed by atoms with E-state index in [1.807, 2.05) is 24.5 Å². The number of hydrogen-bond acceptors (Lipinski definition) is 4. The molecule has 0 radical (unpaired) electrons. The monoisotopic (exact) mass is 420 g/mol. The van der Waals surface area contributed by atoms with Gasteiger partial charge in [0.2, 0.25) is 0 Å². The van der Waals surface area contributed by atoms with E-state index in [-0.39, 0.29) is 5.91 Å². The molecule has 0 bridgehead atoms. The number of benzene rings is 2. The van der Waals surface area contributed by atoms with Crippen LogP contribution in [0.1, 0.15) is 39.0 Å². The van der Waals surface area contributed by atoms with E-state index in [0.29, 0.717) is 23.2 Å². The van der Waals surface area contributed by atoms with Crippen molar-refractivity contribution in [1.29, 1.82) is 5.26 Å². The Morgan fingerprint density at radius 2 is 1.97 bits per heavy atom. The number of carbonyl (C=O) groups is 1. The second-order valence-electron chi connectivity index (χ2n) is 7.09. The standard InChI is InChI=1S/C25H20N6O/c26-16-20-6-4-19(5-7-20)8-9-22-15-23(10-11-24(22)31-14-2-13-30-31)25(32)27-12-1-3-21-17-28-29-18-21/h2,4-7,10-11,13-15,17-18H,1,3,12H2,(H,27,32)(H,28,29). The van der Waals surface area contributed by atoms with Gasteiger partial charge in [0.15, 0.2) is 0 Å². The van der Waals surface area contributed by atoms with Crippen molar-refractivity contribution in [1.82, 2.24) is 25.3 Å². The molecule has 7 nitrogen and oxygen atoms in total. The number of H-pyrrole nitrogens is 1. The largest absolute Gasteiger partial charge is 0.352 e. The second-order valence-corrected chi connectivity index (χ2v) is 7.09. The molecule has 4 rings (SSSR count). The summed E-state index contributed by atoms with van der Waals surface area (Å²) in [5, 5.41) is 22.9. The van der Waals surface area contributed by atoms with Gasteiger partial charge in [-0.15, -0.1) is 0 Å². The van der Waals surface area contributed by atoms with Crippen molar-refractivity contribution in [3.63, 3.8) is 0 Å². The molecule has 0 aliphatic carbocycles. The lowest BCUT2D eigenvalue weighted by Gasteiger charge is -2.09. The average molecular weight is 420 g/mol. The van der Waals surface area contributed by atoms with Crippen LogP contribution in [-0.4, -0.2) is 32.4 Å². The van der Waals surface area contributed by atoms with Crippen LogP contribution in [0.25, 0.3) is 5.69 Å². The minimum atomic E-state index is -0.148. The van der Waals surface area contributed by atoms with Gasteiger partial charge in [0.25, 0.3) is 5.91 Å². The highest BCUT2D eigenvalue weighted by atomic mass is 16.1. The molecule has 0 unspecified atom stereocenters.